The lowest BCUT2D eigenvalue weighted by Crippen LogP contribution is -2.36. The summed E-state index contributed by atoms with van der Waals surface area (Å²) in [6.07, 6.45) is 0. The molecule has 0 saturated heterocycles. The maximum absolute atomic E-state index is 10.7. The minimum absolute atomic E-state index is 0.0338. The van der Waals surface area contributed by atoms with Crippen LogP contribution in [0.25, 0.3) is 0 Å². The van der Waals surface area contributed by atoms with Crippen molar-refractivity contribution >= 4 is 23.5 Å². The third-order valence-electron chi connectivity index (χ3n) is 1.37. The van der Waals surface area contributed by atoms with Gasteiger partial charge in [0.1, 0.15) is 12.5 Å². The van der Waals surface area contributed by atoms with Crippen LogP contribution in [-0.4, -0.2) is 24.4 Å². The minimum Gasteiger partial charge on any atom is -0.464 e. The molecule has 0 rings (SSSR count). The Labute approximate surface area is 76.0 Å². The Morgan fingerprint density at radius 3 is 2.33 bits per heavy atom. The second-order valence-corrected chi connectivity index (χ2v) is 3.31. The molecule has 1 amide bonds. The summed E-state index contributed by atoms with van der Waals surface area (Å²) in [6.45, 7) is 3.15. The number of ether oxygens (including phenoxy) is 1. The molecule has 0 aromatic rings. The number of alkyl halides is 1. The molecular formula is C7H12ClNO3. The summed E-state index contributed by atoms with van der Waals surface area (Å²) in [7, 11) is 0. The molecule has 0 spiro atoms. The Balaban J connectivity index is 3.92. The molecule has 0 fully saturated rings. The second-order valence-electron chi connectivity index (χ2n) is 3.04. The molecule has 0 aliphatic rings. The standard InChI is InChI=1S/C7H12ClNO3/c1-7(2,6(9)11)4-12-5(10)3-8/h3-4H2,1-2H3,(H2,9,11). The molecule has 5 heteroatoms. The Morgan fingerprint density at radius 2 is 2.00 bits per heavy atom. The highest BCUT2D eigenvalue weighted by molar-refractivity contribution is 6.26. The molecule has 70 valence electrons. The van der Waals surface area contributed by atoms with Crippen molar-refractivity contribution in [1.82, 2.24) is 0 Å². The number of primary amides is 1. The molecular weight excluding hydrogens is 182 g/mol. The number of carbonyl (C=O) groups is 2. The van der Waals surface area contributed by atoms with Crippen molar-refractivity contribution in [3.05, 3.63) is 0 Å². The zero-order chi connectivity index (χ0) is 9.78. The monoisotopic (exact) mass is 193 g/mol. The Kier molecular flexibility index (Phi) is 4.03. The van der Waals surface area contributed by atoms with Crippen molar-refractivity contribution in [1.29, 1.82) is 0 Å². The van der Waals surface area contributed by atoms with Gasteiger partial charge in [-0.05, 0) is 13.8 Å². The molecule has 0 saturated carbocycles. The van der Waals surface area contributed by atoms with Gasteiger partial charge in [0, 0.05) is 0 Å². The molecule has 12 heavy (non-hydrogen) atoms. The first-order valence-corrected chi connectivity index (χ1v) is 3.95. The minimum atomic E-state index is -0.832. The van der Waals surface area contributed by atoms with E-state index in [0.29, 0.717) is 0 Å². The number of nitrogens with two attached hydrogens (primary N) is 1. The number of esters is 1. The summed E-state index contributed by atoms with van der Waals surface area (Å²) in [5.74, 6) is -1.27. The number of amides is 1. The van der Waals surface area contributed by atoms with E-state index in [9.17, 15) is 9.59 Å². The van der Waals surface area contributed by atoms with Crippen LogP contribution in [0.2, 0.25) is 0 Å². The van der Waals surface area contributed by atoms with E-state index < -0.39 is 17.3 Å². The highest BCUT2D eigenvalue weighted by Gasteiger charge is 2.26. The van der Waals surface area contributed by atoms with E-state index >= 15 is 0 Å². The SMILES string of the molecule is CC(C)(COC(=O)CCl)C(N)=O. The summed E-state index contributed by atoms with van der Waals surface area (Å²) >= 11 is 5.17. The highest BCUT2D eigenvalue weighted by Crippen LogP contribution is 2.14. The number of hydrogen-bond donors (Lipinski definition) is 1. The van der Waals surface area contributed by atoms with Crippen LogP contribution in [0.1, 0.15) is 13.8 Å². The van der Waals surface area contributed by atoms with Crippen molar-refractivity contribution in [2.45, 2.75) is 13.8 Å². The van der Waals surface area contributed by atoms with Crippen molar-refractivity contribution in [2.24, 2.45) is 11.1 Å². The van der Waals surface area contributed by atoms with Gasteiger partial charge in [0.25, 0.3) is 0 Å². The van der Waals surface area contributed by atoms with Crippen LogP contribution < -0.4 is 5.73 Å². The summed E-state index contributed by atoms with van der Waals surface area (Å²) in [4.78, 5) is 21.3. The molecule has 0 radical (unpaired) electrons. The quantitative estimate of drug-likeness (QED) is 0.515. The van der Waals surface area contributed by atoms with Crippen molar-refractivity contribution in [3.8, 4) is 0 Å². The summed E-state index contributed by atoms with van der Waals surface area (Å²) in [5, 5.41) is 0. The number of halogens is 1. The maximum atomic E-state index is 10.7. The smallest absolute Gasteiger partial charge is 0.320 e. The lowest BCUT2D eigenvalue weighted by molar-refractivity contribution is -0.146. The van der Waals surface area contributed by atoms with Gasteiger partial charge in [0.2, 0.25) is 5.91 Å². The van der Waals surface area contributed by atoms with Crippen molar-refractivity contribution < 1.29 is 14.3 Å². The molecule has 0 aromatic heterocycles. The van der Waals surface area contributed by atoms with Crippen LogP contribution >= 0.6 is 11.6 Å². The highest BCUT2D eigenvalue weighted by atomic mass is 35.5. The molecule has 4 nitrogen and oxygen atoms in total. The second kappa shape index (κ2) is 4.30. The van der Waals surface area contributed by atoms with Crippen LogP contribution in [-0.2, 0) is 14.3 Å². The predicted octanol–water partition coefficient (Wildman–Crippen LogP) is 0.280. The van der Waals surface area contributed by atoms with E-state index in [1.165, 1.54) is 0 Å². The van der Waals surface area contributed by atoms with Crippen LogP contribution in [0, 0.1) is 5.41 Å². The lowest BCUT2D eigenvalue weighted by Gasteiger charge is -2.19. The van der Waals surface area contributed by atoms with E-state index in [1.54, 1.807) is 13.8 Å². The van der Waals surface area contributed by atoms with Gasteiger partial charge in [-0.3, -0.25) is 9.59 Å². The van der Waals surface area contributed by atoms with E-state index in [0.717, 1.165) is 0 Å². The number of rotatable bonds is 4. The van der Waals surface area contributed by atoms with Gasteiger partial charge in [-0.15, -0.1) is 11.6 Å². The fourth-order valence-electron chi connectivity index (χ4n) is 0.371. The largest absolute Gasteiger partial charge is 0.464 e. The van der Waals surface area contributed by atoms with Gasteiger partial charge in [-0.1, -0.05) is 0 Å². The third kappa shape index (κ3) is 3.57. The number of carbonyl (C=O) groups excluding carboxylic acids is 2. The van der Waals surface area contributed by atoms with Crippen LogP contribution in [0.15, 0.2) is 0 Å². The molecule has 0 aromatic carbocycles. The Hall–Kier alpha value is -0.770. The van der Waals surface area contributed by atoms with Crippen LogP contribution in [0.5, 0.6) is 0 Å². The van der Waals surface area contributed by atoms with E-state index in [4.69, 9.17) is 17.3 Å². The number of hydrogen-bond acceptors (Lipinski definition) is 3. The zero-order valence-corrected chi connectivity index (χ0v) is 7.85. The van der Waals surface area contributed by atoms with E-state index in [-0.39, 0.29) is 12.5 Å². The van der Waals surface area contributed by atoms with Crippen molar-refractivity contribution in [2.75, 3.05) is 12.5 Å². The van der Waals surface area contributed by atoms with Gasteiger partial charge >= 0.3 is 5.97 Å². The molecule has 0 atom stereocenters. The fourth-order valence-corrected chi connectivity index (χ4v) is 0.448. The van der Waals surface area contributed by atoms with Gasteiger partial charge in [0.05, 0.1) is 5.41 Å². The average molecular weight is 194 g/mol. The Morgan fingerprint density at radius 1 is 1.50 bits per heavy atom. The normalized spacial score (nSPS) is 10.9. The summed E-state index contributed by atoms with van der Waals surface area (Å²) < 4.78 is 4.65. The molecule has 0 unspecified atom stereocenters. The molecule has 0 heterocycles. The molecule has 0 aliphatic carbocycles. The first-order chi connectivity index (χ1) is 5.40. The average Bonchev–Trinajstić information content (AvgIpc) is 2.00. The van der Waals surface area contributed by atoms with Gasteiger partial charge in [0.15, 0.2) is 0 Å². The summed E-state index contributed by atoms with van der Waals surface area (Å²) in [6, 6.07) is 0. The van der Waals surface area contributed by atoms with Gasteiger partial charge in [-0.25, -0.2) is 0 Å². The first kappa shape index (κ1) is 11.2. The van der Waals surface area contributed by atoms with E-state index in [1.807, 2.05) is 0 Å². The zero-order valence-electron chi connectivity index (χ0n) is 7.09. The maximum Gasteiger partial charge on any atom is 0.320 e. The van der Waals surface area contributed by atoms with Crippen LogP contribution in [0.4, 0.5) is 0 Å². The van der Waals surface area contributed by atoms with E-state index in [2.05, 4.69) is 4.74 Å². The third-order valence-corrected chi connectivity index (χ3v) is 1.59. The summed E-state index contributed by atoms with van der Waals surface area (Å²) in [5.41, 5.74) is 4.20. The molecule has 0 bridgehead atoms. The van der Waals surface area contributed by atoms with Gasteiger partial charge in [-0.2, -0.15) is 0 Å². The molecule has 2 N–H and O–H groups in total. The topological polar surface area (TPSA) is 69.4 Å². The fraction of sp³-hybridized carbons (Fsp3) is 0.714. The van der Waals surface area contributed by atoms with Gasteiger partial charge < -0.3 is 10.5 Å². The van der Waals surface area contributed by atoms with Crippen molar-refractivity contribution in [3.63, 3.8) is 0 Å². The lowest BCUT2D eigenvalue weighted by atomic mass is 9.94. The Bertz CT molecular complexity index is 191. The van der Waals surface area contributed by atoms with Crippen LogP contribution in [0.3, 0.4) is 0 Å². The molecule has 0 aliphatic heterocycles. The first-order valence-electron chi connectivity index (χ1n) is 3.41. The predicted molar refractivity (Wildman–Crippen MR) is 44.7 cm³/mol.